The van der Waals surface area contributed by atoms with Gasteiger partial charge in [0, 0.05) is 11.0 Å². The molecular weight excluding hydrogens is 410 g/mol. The number of hydrogen-bond donors (Lipinski definition) is 1. The highest BCUT2D eigenvalue weighted by Crippen LogP contribution is 2.32. The number of nitrogens with zero attached hydrogens (tertiary/aromatic N) is 1. The van der Waals surface area contributed by atoms with Crippen molar-refractivity contribution in [3.8, 4) is 11.4 Å². The highest BCUT2D eigenvalue weighted by molar-refractivity contribution is 9.10. The predicted molar refractivity (Wildman–Crippen MR) is 84.3 cm³/mol. The first-order valence-corrected chi connectivity index (χ1v) is 7.65. The summed E-state index contributed by atoms with van der Waals surface area (Å²) in [5.74, 6) is -1.81. The summed E-state index contributed by atoms with van der Waals surface area (Å²) in [4.78, 5) is 19.0. The Kier molecular flexibility index (Phi) is 4.35. The number of rotatable bonds is 1. The standard InChI is InChI=1S/C14H12Br2F2N2O/c1-14(2,3)11-9(16)13(21)20-12(19-11)6-4-5-7(17)10(18)8(6)15/h4-5H,1-3H3,(H,19,20,21). The number of hydrogen-bond acceptors (Lipinski definition) is 2. The van der Waals surface area contributed by atoms with Crippen LogP contribution in [-0.4, -0.2) is 9.97 Å². The van der Waals surface area contributed by atoms with Crippen LogP contribution in [0.5, 0.6) is 0 Å². The van der Waals surface area contributed by atoms with Crippen LogP contribution in [0.15, 0.2) is 25.9 Å². The third-order valence-electron chi connectivity index (χ3n) is 2.86. The van der Waals surface area contributed by atoms with Crippen LogP contribution in [0.25, 0.3) is 11.4 Å². The number of nitrogens with one attached hydrogen (secondary N) is 1. The number of benzene rings is 1. The van der Waals surface area contributed by atoms with E-state index in [-0.39, 0.29) is 26.8 Å². The fourth-order valence-corrected chi connectivity index (χ4v) is 3.08. The van der Waals surface area contributed by atoms with Crippen molar-refractivity contribution in [2.45, 2.75) is 26.2 Å². The van der Waals surface area contributed by atoms with E-state index >= 15 is 0 Å². The van der Waals surface area contributed by atoms with Crippen molar-refractivity contribution in [3.05, 3.63) is 48.8 Å². The smallest absolute Gasteiger partial charge is 0.265 e. The number of aromatic amines is 1. The van der Waals surface area contributed by atoms with Crippen LogP contribution in [-0.2, 0) is 5.41 Å². The van der Waals surface area contributed by atoms with Crippen LogP contribution in [0.2, 0.25) is 0 Å². The van der Waals surface area contributed by atoms with Crippen molar-refractivity contribution in [3.63, 3.8) is 0 Å². The molecule has 7 heteroatoms. The lowest BCUT2D eigenvalue weighted by Gasteiger charge is -2.20. The summed E-state index contributed by atoms with van der Waals surface area (Å²) in [5.41, 5.74) is 0.0656. The Morgan fingerprint density at radius 2 is 1.76 bits per heavy atom. The second-order valence-corrected chi connectivity index (χ2v) is 7.14. The minimum absolute atomic E-state index is 0.0761. The van der Waals surface area contributed by atoms with E-state index < -0.39 is 11.6 Å². The van der Waals surface area contributed by atoms with Crippen LogP contribution < -0.4 is 5.56 Å². The average Bonchev–Trinajstić information content (AvgIpc) is 2.38. The molecule has 2 aromatic rings. The zero-order valence-corrected chi connectivity index (χ0v) is 14.7. The molecule has 21 heavy (non-hydrogen) atoms. The molecule has 2 rings (SSSR count). The quantitative estimate of drug-likeness (QED) is 0.687. The van der Waals surface area contributed by atoms with Crippen molar-refractivity contribution < 1.29 is 8.78 Å². The van der Waals surface area contributed by atoms with E-state index in [4.69, 9.17) is 0 Å². The molecule has 0 amide bonds. The highest BCUT2D eigenvalue weighted by atomic mass is 79.9. The first kappa shape index (κ1) is 16.3. The monoisotopic (exact) mass is 420 g/mol. The van der Waals surface area contributed by atoms with Crippen molar-refractivity contribution >= 4 is 31.9 Å². The minimum atomic E-state index is -1.02. The zero-order valence-electron chi connectivity index (χ0n) is 11.5. The summed E-state index contributed by atoms with van der Waals surface area (Å²) in [7, 11) is 0. The highest BCUT2D eigenvalue weighted by Gasteiger charge is 2.23. The minimum Gasteiger partial charge on any atom is -0.305 e. The second-order valence-electron chi connectivity index (χ2n) is 5.55. The van der Waals surface area contributed by atoms with Gasteiger partial charge in [-0.05, 0) is 44.0 Å². The summed E-state index contributed by atoms with van der Waals surface area (Å²) in [5, 5.41) is 0. The molecule has 0 saturated heterocycles. The molecule has 0 aliphatic carbocycles. The molecule has 0 spiro atoms. The lowest BCUT2D eigenvalue weighted by atomic mass is 9.92. The molecule has 1 aromatic carbocycles. The van der Waals surface area contributed by atoms with E-state index in [1.54, 1.807) is 0 Å². The summed E-state index contributed by atoms with van der Waals surface area (Å²) >= 11 is 6.21. The molecule has 0 unspecified atom stereocenters. The predicted octanol–water partition coefficient (Wildman–Crippen LogP) is 4.54. The Morgan fingerprint density at radius 3 is 2.33 bits per heavy atom. The third-order valence-corrected chi connectivity index (χ3v) is 4.37. The molecule has 112 valence electrons. The van der Waals surface area contributed by atoms with Crippen molar-refractivity contribution in [1.82, 2.24) is 9.97 Å². The Bertz CT molecular complexity index is 767. The van der Waals surface area contributed by atoms with Crippen molar-refractivity contribution in [2.24, 2.45) is 0 Å². The summed E-state index contributed by atoms with van der Waals surface area (Å²) in [6.07, 6.45) is 0. The summed E-state index contributed by atoms with van der Waals surface area (Å²) in [6.45, 7) is 5.72. The molecule has 0 bridgehead atoms. The fourth-order valence-electron chi connectivity index (χ4n) is 1.79. The Morgan fingerprint density at radius 1 is 1.14 bits per heavy atom. The third kappa shape index (κ3) is 3.08. The Balaban J connectivity index is 2.75. The topological polar surface area (TPSA) is 45.8 Å². The van der Waals surface area contributed by atoms with Gasteiger partial charge in [-0.25, -0.2) is 13.8 Å². The van der Waals surface area contributed by atoms with Crippen LogP contribution in [0, 0.1) is 11.6 Å². The maximum atomic E-state index is 13.6. The van der Waals surface area contributed by atoms with Gasteiger partial charge in [-0.15, -0.1) is 0 Å². The first-order valence-electron chi connectivity index (χ1n) is 6.07. The van der Waals surface area contributed by atoms with E-state index in [9.17, 15) is 13.6 Å². The van der Waals surface area contributed by atoms with Gasteiger partial charge in [-0.2, -0.15) is 0 Å². The Labute approximate surface area is 137 Å². The number of halogens is 4. The normalized spacial score (nSPS) is 11.8. The summed E-state index contributed by atoms with van der Waals surface area (Å²) < 4.78 is 27.1. The van der Waals surface area contributed by atoms with Gasteiger partial charge in [0.05, 0.1) is 10.2 Å². The molecule has 1 N–H and O–H groups in total. The molecule has 0 radical (unpaired) electrons. The van der Waals surface area contributed by atoms with Crippen LogP contribution in [0.4, 0.5) is 8.78 Å². The zero-order chi connectivity index (χ0) is 15.9. The molecule has 0 saturated carbocycles. The average molecular weight is 422 g/mol. The van der Waals surface area contributed by atoms with Crippen molar-refractivity contribution in [2.75, 3.05) is 0 Å². The van der Waals surface area contributed by atoms with Crippen LogP contribution >= 0.6 is 31.9 Å². The fraction of sp³-hybridized carbons (Fsp3) is 0.286. The lowest BCUT2D eigenvalue weighted by molar-refractivity contribution is 0.504. The molecule has 0 fully saturated rings. The maximum Gasteiger partial charge on any atom is 0.265 e. The first-order chi connectivity index (χ1) is 9.62. The molecule has 1 aromatic heterocycles. The molecule has 0 atom stereocenters. The maximum absolute atomic E-state index is 13.6. The van der Waals surface area contributed by atoms with Gasteiger partial charge >= 0.3 is 0 Å². The molecular formula is C14H12Br2F2N2O. The van der Waals surface area contributed by atoms with Gasteiger partial charge in [0.1, 0.15) is 10.3 Å². The molecule has 3 nitrogen and oxygen atoms in total. The van der Waals surface area contributed by atoms with E-state index in [1.165, 1.54) is 6.07 Å². The van der Waals surface area contributed by atoms with Gasteiger partial charge in [-0.3, -0.25) is 4.79 Å². The van der Waals surface area contributed by atoms with Gasteiger partial charge in [-0.1, -0.05) is 20.8 Å². The van der Waals surface area contributed by atoms with Gasteiger partial charge in [0.25, 0.3) is 5.56 Å². The summed E-state index contributed by atoms with van der Waals surface area (Å²) in [6, 6.07) is 2.36. The molecule has 0 aliphatic rings. The van der Waals surface area contributed by atoms with Crippen LogP contribution in [0.1, 0.15) is 26.5 Å². The van der Waals surface area contributed by atoms with E-state index in [2.05, 4.69) is 41.8 Å². The van der Waals surface area contributed by atoms with Gasteiger partial charge in [0.15, 0.2) is 11.6 Å². The number of aromatic nitrogens is 2. The van der Waals surface area contributed by atoms with Crippen molar-refractivity contribution in [1.29, 1.82) is 0 Å². The van der Waals surface area contributed by atoms with E-state index in [1.807, 2.05) is 20.8 Å². The number of H-pyrrole nitrogens is 1. The van der Waals surface area contributed by atoms with Crippen LogP contribution in [0.3, 0.4) is 0 Å². The second kappa shape index (κ2) is 5.61. The molecule has 1 heterocycles. The SMILES string of the molecule is CC(C)(C)c1nc(-c2ccc(F)c(F)c2Br)[nH]c(=O)c1Br. The van der Waals surface area contributed by atoms with E-state index in [0.717, 1.165) is 6.07 Å². The lowest BCUT2D eigenvalue weighted by Crippen LogP contribution is -2.22. The van der Waals surface area contributed by atoms with Gasteiger partial charge in [0.2, 0.25) is 0 Å². The van der Waals surface area contributed by atoms with Gasteiger partial charge < -0.3 is 4.98 Å². The van der Waals surface area contributed by atoms with E-state index in [0.29, 0.717) is 10.2 Å². The molecule has 0 aliphatic heterocycles. The Hall–Kier alpha value is -1.08. The largest absolute Gasteiger partial charge is 0.305 e.